The Morgan fingerprint density at radius 1 is 0.763 bits per heavy atom. The Balaban J connectivity index is 0.000000194. The molecule has 0 fully saturated rings. The molecule has 5 aromatic rings. The van der Waals surface area contributed by atoms with E-state index < -0.39 is 0 Å². The van der Waals surface area contributed by atoms with Gasteiger partial charge in [-0.1, -0.05) is 71.7 Å². The number of nitrogens with zero attached hydrogens (tertiary/aromatic N) is 3. The van der Waals surface area contributed by atoms with Gasteiger partial charge in [0.05, 0.1) is 5.56 Å². The van der Waals surface area contributed by atoms with Crippen LogP contribution < -0.4 is 10.6 Å². The van der Waals surface area contributed by atoms with Gasteiger partial charge in [0.25, 0.3) is 5.91 Å². The SMILES string of the molecule is Cc1cc(C)nc(Nc2ccccc2)n1.O=C(Nc1ccccc1-c1ccc(Cl)cc1)c1cccnc1Cl. The fraction of sp³-hybridized carbons (Fsp3) is 0.0667. The molecule has 0 saturated carbocycles. The Bertz CT molecular complexity index is 1510. The molecule has 0 aliphatic rings. The van der Waals surface area contributed by atoms with Crippen LogP contribution in [0.2, 0.25) is 10.2 Å². The number of nitrogens with one attached hydrogen (secondary N) is 2. The summed E-state index contributed by atoms with van der Waals surface area (Å²) in [6.07, 6.45) is 1.54. The predicted molar refractivity (Wildman–Crippen MR) is 155 cm³/mol. The van der Waals surface area contributed by atoms with Crippen molar-refractivity contribution in [2.75, 3.05) is 10.6 Å². The highest BCUT2D eigenvalue weighted by molar-refractivity contribution is 6.33. The van der Waals surface area contributed by atoms with Crippen molar-refractivity contribution >= 4 is 46.4 Å². The average Bonchev–Trinajstić information content (AvgIpc) is 2.90. The van der Waals surface area contributed by atoms with Crippen molar-refractivity contribution in [2.45, 2.75) is 13.8 Å². The monoisotopic (exact) mass is 541 g/mol. The van der Waals surface area contributed by atoms with Gasteiger partial charge in [0.2, 0.25) is 5.95 Å². The highest BCUT2D eigenvalue weighted by Crippen LogP contribution is 2.29. The van der Waals surface area contributed by atoms with E-state index in [1.165, 1.54) is 0 Å². The molecule has 0 bridgehead atoms. The number of rotatable bonds is 5. The molecule has 38 heavy (non-hydrogen) atoms. The number of hydrogen-bond donors (Lipinski definition) is 2. The number of aryl methyl sites for hydroxylation is 2. The zero-order valence-corrected chi connectivity index (χ0v) is 22.3. The normalized spacial score (nSPS) is 10.2. The number of amides is 1. The van der Waals surface area contributed by atoms with Gasteiger partial charge in [-0.25, -0.2) is 15.0 Å². The molecule has 0 spiro atoms. The molecule has 3 aromatic carbocycles. The largest absolute Gasteiger partial charge is 0.324 e. The number of benzene rings is 3. The summed E-state index contributed by atoms with van der Waals surface area (Å²) in [7, 11) is 0. The van der Waals surface area contributed by atoms with Crippen LogP contribution in [0.15, 0.2) is 103 Å². The topological polar surface area (TPSA) is 79.8 Å². The second-order valence-corrected chi connectivity index (χ2v) is 9.11. The zero-order chi connectivity index (χ0) is 26.9. The summed E-state index contributed by atoms with van der Waals surface area (Å²) in [5, 5.41) is 6.89. The van der Waals surface area contributed by atoms with E-state index in [2.05, 4.69) is 25.6 Å². The molecule has 0 aliphatic carbocycles. The van der Waals surface area contributed by atoms with Crippen LogP contribution in [0.5, 0.6) is 0 Å². The van der Waals surface area contributed by atoms with E-state index >= 15 is 0 Å². The number of carbonyl (C=O) groups excluding carboxylic acids is 1. The predicted octanol–water partition coefficient (Wildman–Crippen LogP) is 8.14. The van der Waals surface area contributed by atoms with Crippen LogP contribution in [-0.2, 0) is 0 Å². The van der Waals surface area contributed by atoms with E-state index in [9.17, 15) is 4.79 Å². The Hall–Kier alpha value is -4.26. The van der Waals surface area contributed by atoms with Crippen LogP contribution in [0.1, 0.15) is 21.7 Å². The number of pyridine rings is 1. The third-order valence-electron chi connectivity index (χ3n) is 5.35. The Morgan fingerprint density at radius 3 is 2.11 bits per heavy atom. The van der Waals surface area contributed by atoms with Crippen LogP contribution in [0.4, 0.5) is 17.3 Å². The summed E-state index contributed by atoms with van der Waals surface area (Å²) in [4.78, 5) is 25.0. The summed E-state index contributed by atoms with van der Waals surface area (Å²) in [5.74, 6) is 0.350. The van der Waals surface area contributed by atoms with Crippen LogP contribution >= 0.6 is 23.2 Å². The summed E-state index contributed by atoms with van der Waals surface area (Å²) < 4.78 is 0. The molecule has 0 radical (unpaired) electrons. The van der Waals surface area contributed by atoms with Crippen molar-refractivity contribution in [2.24, 2.45) is 0 Å². The number of aromatic nitrogens is 3. The molecular formula is C30H25Cl2N5O. The number of halogens is 2. The molecule has 1 amide bonds. The molecule has 190 valence electrons. The highest BCUT2D eigenvalue weighted by Gasteiger charge is 2.13. The van der Waals surface area contributed by atoms with Crippen LogP contribution in [0.25, 0.3) is 11.1 Å². The quantitative estimate of drug-likeness (QED) is 0.219. The molecule has 6 nitrogen and oxygen atoms in total. The minimum Gasteiger partial charge on any atom is -0.324 e. The number of para-hydroxylation sites is 2. The minimum atomic E-state index is -0.301. The van der Waals surface area contributed by atoms with Crippen molar-refractivity contribution in [3.63, 3.8) is 0 Å². The average molecular weight is 542 g/mol. The lowest BCUT2D eigenvalue weighted by Gasteiger charge is -2.12. The standard InChI is InChI=1S/C18H12Cl2N2O.C12H13N3/c19-13-9-7-12(8-10-13)14-4-1-2-6-16(14)22-18(23)15-5-3-11-21-17(15)20;1-9-8-10(2)14-12(13-9)15-11-6-4-3-5-7-11/h1-11H,(H,22,23);3-8H,1-2H3,(H,13,14,15). The van der Waals surface area contributed by atoms with E-state index in [1.54, 1.807) is 18.3 Å². The van der Waals surface area contributed by atoms with Gasteiger partial charge in [0.15, 0.2) is 0 Å². The maximum absolute atomic E-state index is 12.4. The third-order valence-corrected chi connectivity index (χ3v) is 5.90. The van der Waals surface area contributed by atoms with Crippen molar-refractivity contribution < 1.29 is 4.79 Å². The lowest BCUT2D eigenvalue weighted by atomic mass is 10.0. The third kappa shape index (κ3) is 7.38. The van der Waals surface area contributed by atoms with Crippen molar-refractivity contribution in [1.29, 1.82) is 0 Å². The molecule has 0 saturated heterocycles. The van der Waals surface area contributed by atoms with Gasteiger partial charge >= 0.3 is 0 Å². The molecule has 0 aliphatic heterocycles. The molecule has 2 N–H and O–H groups in total. The van der Waals surface area contributed by atoms with E-state index in [-0.39, 0.29) is 11.1 Å². The molecule has 0 unspecified atom stereocenters. The highest BCUT2D eigenvalue weighted by atomic mass is 35.5. The Labute approximate surface area is 231 Å². The maximum Gasteiger partial charge on any atom is 0.258 e. The van der Waals surface area contributed by atoms with Crippen LogP contribution in [0, 0.1) is 13.8 Å². The second-order valence-electron chi connectivity index (χ2n) is 8.31. The number of carbonyl (C=O) groups is 1. The molecule has 2 heterocycles. The lowest BCUT2D eigenvalue weighted by Crippen LogP contribution is -2.13. The summed E-state index contributed by atoms with van der Waals surface area (Å²) in [6.45, 7) is 3.93. The molecule has 8 heteroatoms. The summed E-state index contributed by atoms with van der Waals surface area (Å²) in [6, 6.07) is 30.2. The number of hydrogen-bond acceptors (Lipinski definition) is 5. The smallest absolute Gasteiger partial charge is 0.258 e. The van der Waals surface area contributed by atoms with Crippen molar-refractivity contribution in [3.8, 4) is 11.1 Å². The first-order chi connectivity index (χ1) is 18.4. The Kier molecular flexibility index (Phi) is 9.03. The van der Waals surface area contributed by atoms with Crippen molar-refractivity contribution in [1.82, 2.24) is 15.0 Å². The van der Waals surface area contributed by atoms with E-state index in [4.69, 9.17) is 23.2 Å². The van der Waals surface area contributed by atoms with Crippen molar-refractivity contribution in [3.05, 3.63) is 130 Å². The maximum atomic E-state index is 12.4. The molecule has 0 atom stereocenters. The van der Waals surface area contributed by atoms with Crippen LogP contribution in [-0.4, -0.2) is 20.9 Å². The second kappa shape index (κ2) is 12.8. The summed E-state index contributed by atoms with van der Waals surface area (Å²) in [5.41, 5.74) is 5.84. The van der Waals surface area contributed by atoms with Gasteiger partial charge < -0.3 is 10.6 Å². The first-order valence-electron chi connectivity index (χ1n) is 11.8. The zero-order valence-electron chi connectivity index (χ0n) is 20.8. The van der Waals surface area contributed by atoms with E-state index in [0.29, 0.717) is 22.2 Å². The Morgan fingerprint density at radius 2 is 1.42 bits per heavy atom. The fourth-order valence-electron chi connectivity index (χ4n) is 3.65. The van der Waals surface area contributed by atoms with Crippen LogP contribution in [0.3, 0.4) is 0 Å². The van der Waals surface area contributed by atoms with Gasteiger partial charge in [0.1, 0.15) is 5.15 Å². The first-order valence-corrected chi connectivity index (χ1v) is 12.6. The molecule has 2 aromatic heterocycles. The molecular weight excluding hydrogens is 517 g/mol. The first kappa shape index (κ1) is 26.8. The van der Waals surface area contributed by atoms with Gasteiger partial charge in [0, 0.05) is 39.5 Å². The van der Waals surface area contributed by atoms with Gasteiger partial charge in [-0.3, -0.25) is 4.79 Å². The van der Waals surface area contributed by atoms with Gasteiger partial charge in [-0.2, -0.15) is 0 Å². The fourth-order valence-corrected chi connectivity index (χ4v) is 3.98. The minimum absolute atomic E-state index is 0.175. The van der Waals surface area contributed by atoms with Gasteiger partial charge in [-0.15, -0.1) is 0 Å². The summed E-state index contributed by atoms with van der Waals surface area (Å²) >= 11 is 11.9. The molecule has 5 rings (SSSR count). The lowest BCUT2D eigenvalue weighted by molar-refractivity contribution is 0.102. The van der Waals surface area contributed by atoms with E-state index in [0.717, 1.165) is 28.2 Å². The van der Waals surface area contributed by atoms with E-state index in [1.807, 2.05) is 98.8 Å². The van der Waals surface area contributed by atoms with Gasteiger partial charge in [-0.05, 0) is 67.9 Å². The number of anilines is 3.